The Labute approximate surface area is 133 Å². The van der Waals surface area contributed by atoms with Gasteiger partial charge in [-0.05, 0) is 24.6 Å². The van der Waals surface area contributed by atoms with Crippen LogP contribution in [0.4, 0.5) is 0 Å². The number of Topliss-reactive ketones (excluding diaryl/α,β-unsaturated/α-hetero) is 1. The minimum Gasteiger partial charge on any atom is -0.494 e. The molecule has 3 rings (SSSR count). The maximum absolute atomic E-state index is 12.3. The molecular formula is C17H17NO5. The van der Waals surface area contributed by atoms with E-state index < -0.39 is 11.8 Å². The monoisotopic (exact) mass is 315 g/mol. The molecule has 0 aromatic carbocycles. The van der Waals surface area contributed by atoms with Crippen LogP contribution in [0.2, 0.25) is 0 Å². The van der Waals surface area contributed by atoms with E-state index in [1.807, 2.05) is 25.1 Å². The van der Waals surface area contributed by atoms with Crippen LogP contribution in [0.5, 0.6) is 0 Å². The lowest BCUT2D eigenvalue weighted by Gasteiger charge is -2.29. The summed E-state index contributed by atoms with van der Waals surface area (Å²) in [7, 11) is 2.84. The number of ketones is 1. The normalized spacial score (nSPS) is 20.5. The molecule has 120 valence electrons. The zero-order valence-corrected chi connectivity index (χ0v) is 13.4. The standard InChI is InChI=1S/C17H17NO5/c1-10-12-7-5-6-8-18(12)16(11(2)19)15(10)17(22-4)13(21-3)9-14(20)23-17/h5-9H,1-4H3. The molecule has 0 saturated heterocycles. The highest BCUT2D eigenvalue weighted by molar-refractivity contribution is 5.98. The lowest BCUT2D eigenvalue weighted by atomic mass is 9.98. The summed E-state index contributed by atoms with van der Waals surface area (Å²) in [6.07, 6.45) is 3.02. The molecule has 3 heterocycles. The number of methoxy groups -OCH3 is 2. The van der Waals surface area contributed by atoms with Crippen LogP contribution in [0.1, 0.15) is 28.5 Å². The van der Waals surface area contributed by atoms with Crippen molar-refractivity contribution < 1.29 is 23.8 Å². The number of rotatable bonds is 4. The number of fused-ring (bicyclic) bond motifs is 1. The largest absolute Gasteiger partial charge is 0.494 e. The SMILES string of the molecule is COC1=CC(=O)OC1(OC)c1c(C)c2ccccn2c1C(C)=O. The Bertz CT molecular complexity index is 848. The van der Waals surface area contributed by atoms with Gasteiger partial charge in [0.25, 0.3) is 0 Å². The fourth-order valence-electron chi connectivity index (χ4n) is 3.15. The first-order valence-corrected chi connectivity index (χ1v) is 7.11. The second-order valence-corrected chi connectivity index (χ2v) is 5.32. The van der Waals surface area contributed by atoms with Gasteiger partial charge in [0.1, 0.15) is 0 Å². The highest BCUT2D eigenvalue weighted by Gasteiger charge is 2.51. The zero-order chi connectivity index (χ0) is 16.8. The fourth-order valence-corrected chi connectivity index (χ4v) is 3.15. The summed E-state index contributed by atoms with van der Waals surface area (Å²) in [5, 5.41) is 0. The molecule has 0 N–H and O–H groups in total. The van der Waals surface area contributed by atoms with Gasteiger partial charge in [0.2, 0.25) is 0 Å². The number of pyridine rings is 1. The molecule has 1 aliphatic heterocycles. The number of hydrogen-bond donors (Lipinski definition) is 0. The number of cyclic esters (lactones) is 1. The summed E-state index contributed by atoms with van der Waals surface area (Å²) in [4.78, 5) is 24.1. The van der Waals surface area contributed by atoms with Crippen molar-refractivity contribution in [3.8, 4) is 0 Å². The Morgan fingerprint density at radius 2 is 2.04 bits per heavy atom. The first kappa shape index (κ1) is 15.3. The summed E-state index contributed by atoms with van der Waals surface area (Å²) >= 11 is 0. The van der Waals surface area contributed by atoms with E-state index in [2.05, 4.69) is 0 Å². The Hall–Kier alpha value is -2.60. The highest BCUT2D eigenvalue weighted by Crippen LogP contribution is 2.44. The van der Waals surface area contributed by atoms with E-state index in [9.17, 15) is 9.59 Å². The third-order valence-corrected chi connectivity index (χ3v) is 4.08. The topological polar surface area (TPSA) is 66.2 Å². The zero-order valence-electron chi connectivity index (χ0n) is 13.4. The number of esters is 1. The molecule has 2 aromatic rings. The van der Waals surface area contributed by atoms with Crippen molar-refractivity contribution in [1.82, 2.24) is 4.40 Å². The molecule has 6 nitrogen and oxygen atoms in total. The fraction of sp³-hybridized carbons (Fsp3) is 0.294. The maximum atomic E-state index is 12.3. The number of aromatic nitrogens is 1. The Kier molecular flexibility index (Phi) is 3.49. The summed E-state index contributed by atoms with van der Waals surface area (Å²) in [6.45, 7) is 3.32. The van der Waals surface area contributed by atoms with Gasteiger partial charge >= 0.3 is 11.8 Å². The molecule has 0 radical (unpaired) electrons. The molecule has 1 atom stereocenters. The Morgan fingerprint density at radius 3 is 2.65 bits per heavy atom. The second-order valence-electron chi connectivity index (χ2n) is 5.32. The van der Waals surface area contributed by atoms with Crippen molar-refractivity contribution in [1.29, 1.82) is 0 Å². The molecule has 1 unspecified atom stereocenters. The van der Waals surface area contributed by atoms with Crippen molar-refractivity contribution in [2.75, 3.05) is 14.2 Å². The van der Waals surface area contributed by atoms with Crippen LogP contribution in [0.15, 0.2) is 36.2 Å². The minimum absolute atomic E-state index is 0.163. The molecule has 0 aliphatic carbocycles. The average molecular weight is 315 g/mol. The number of carbonyl (C=O) groups excluding carboxylic acids is 2. The lowest BCUT2D eigenvalue weighted by Crippen LogP contribution is -2.34. The molecule has 0 fully saturated rings. The molecule has 0 saturated carbocycles. The molecule has 6 heteroatoms. The third-order valence-electron chi connectivity index (χ3n) is 4.08. The summed E-state index contributed by atoms with van der Waals surface area (Å²) in [6, 6.07) is 5.60. The molecule has 0 bridgehead atoms. The van der Waals surface area contributed by atoms with Crippen molar-refractivity contribution >= 4 is 17.3 Å². The number of nitrogens with zero attached hydrogens (tertiary/aromatic N) is 1. The van der Waals surface area contributed by atoms with Crippen LogP contribution in [0.3, 0.4) is 0 Å². The van der Waals surface area contributed by atoms with E-state index in [4.69, 9.17) is 14.2 Å². The van der Waals surface area contributed by atoms with Gasteiger partial charge in [-0.1, -0.05) is 6.07 Å². The number of carbonyl (C=O) groups is 2. The van der Waals surface area contributed by atoms with Crippen molar-refractivity contribution in [3.05, 3.63) is 53.1 Å². The molecular weight excluding hydrogens is 298 g/mol. The predicted molar refractivity (Wildman–Crippen MR) is 82.0 cm³/mol. The lowest BCUT2D eigenvalue weighted by molar-refractivity contribution is -0.209. The number of aryl methyl sites for hydroxylation is 1. The van der Waals surface area contributed by atoms with Gasteiger partial charge < -0.3 is 18.6 Å². The van der Waals surface area contributed by atoms with Crippen LogP contribution in [-0.2, 0) is 24.8 Å². The van der Waals surface area contributed by atoms with E-state index in [1.165, 1.54) is 27.2 Å². The summed E-state index contributed by atoms with van der Waals surface area (Å²) in [5.41, 5.74) is 2.51. The number of ether oxygens (including phenoxy) is 3. The predicted octanol–water partition coefficient (Wildman–Crippen LogP) is 2.34. The average Bonchev–Trinajstić information content (AvgIpc) is 3.03. The Morgan fingerprint density at radius 1 is 1.30 bits per heavy atom. The minimum atomic E-state index is -1.55. The van der Waals surface area contributed by atoms with Crippen LogP contribution >= 0.6 is 0 Å². The van der Waals surface area contributed by atoms with E-state index in [0.717, 1.165) is 11.1 Å². The molecule has 0 amide bonds. The number of hydrogen-bond acceptors (Lipinski definition) is 5. The van der Waals surface area contributed by atoms with E-state index >= 15 is 0 Å². The van der Waals surface area contributed by atoms with Gasteiger partial charge in [-0.3, -0.25) is 4.79 Å². The third kappa shape index (κ3) is 1.98. The van der Waals surface area contributed by atoms with Gasteiger partial charge in [-0.2, -0.15) is 0 Å². The smallest absolute Gasteiger partial charge is 0.337 e. The first-order valence-electron chi connectivity index (χ1n) is 7.11. The molecule has 0 spiro atoms. The van der Waals surface area contributed by atoms with Gasteiger partial charge in [-0.25, -0.2) is 4.79 Å². The van der Waals surface area contributed by atoms with Gasteiger partial charge in [0.15, 0.2) is 11.5 Å². The van der Waals surface area contributed by atoms with E-state index in [-0.39, 0.29) is 11.5 Å². The van der Waals surface area contributed by atoms with Crippen LogP contribution in [0.25, 0.3) is 5.52 Å². The molecule has 2 aromatic heterocycles. The van der Waals surface area contributed by atoms with Gasteiger partial charge in [-0.15, -0.1) is 0 Å². The second kappa shape index (κ2) is 5.24. The quantitative estimate of drug-likeness (QED) is 0.640. The Balaban J connectivity index is 2.42. The van der Waals surface area contributed by atoms with Crippen molar-refractivity contribution in [2.24, 2.45) is 0 Å². The molecule has 1 aliphatic rings. The first-order chi connectivity index (χ1) is 11.0. The van der Waals surface area contributed by atoms with Crippen molar-refractivity contribution in [3.63, 3.8) is 0 Å². The summed E-state index contributed by atoms with van der Waals surface area (Å²) in [5.74, 6) is -2.08. The van der Waals surface area contributed by atoms with Crippen molar-refractivity contribution in [2.45, 2.75) is 19.6 Å². The van der Waals surface area contributed by atoms with E-state index in [1.54, 1.807) is 10.6 Å². The van der Waals surface area contributed by atoms with Crippen LogP contribution in [-0.4, -0.2) is 30.4 Å². The van der Waals surface area contributed by atoms with Gasteiger partial charge in [0, 0.05) is 25.7 Å². The maximum Gasteiger partial charge on any atom is 0.337 e. The highest BCUT2D eigenvalue weighted by atomic mass is 16.7. The van der Waals surface area contributed by atoms with Crippen LogP contribution in [0, 0.1) is 6.92 Å². The molecule has 23 heavy (non-hydrogen) atoms. The summed E-state index contributed by atoms with van der Waals surface area (Å²) < 4.78 is 18.1. The van der Waals surface area contributed by atoms with E-state index in [0.29, 0.717) is 11.3 Å². The van der Waals surface area contributed by atoms with Gasteiger partial charge in [0.05, 0.1) is 24.4 Å². The van der Waals surface area contributed by atoms with Crippen LogP contribution < -0.4 is 0 Å².